The molecule has 0 aliphatic heterocycles. The Kier molecular flexibility index (Phi) is 4.95. The van der Waals surface area contributed by atoms with Crippen molar-refractivity contribution in [1.82, 2.24) is 5.32 Å². The monoisotopic (exact) mass is 245 g/mol. The summed E-state index contributed by atoms with van der Waals surface area (Å²) in [6, 6.07) is 3.22. The number of halogens is 2. The molecule has 0 heterocycles. The Morgan fingerprint density at radius 1 is 1.40 bits per heavy atom. The van der Waals surface area contributed by atoms with Crippen molar-refractivity contribution in [2.24, 2.45) is 0 Å². The zero-order valence-electron chi connectivity index (χ0n) is 8.26. The highest BCUT2D eigenvalue weighted by atomic mass is 35.5. The lowest BCUT2D eigenvalue weighted by atomic mass is 10.2. The molecule has 2 nitrogen and oxygen atoms in total. The van der Waals surface area contributed by atoms with Crippen LogP contribution >= 0.6 is 23.2 Å². The van der Waals surface area contributed by atoms with E-state index in [0.29, 0.717) is 17.1 Å². The van der Waals surface area contributed by atoms with Gasteiger partial charge in [0.05, 0.1) is 5.02 Å². The highest BCUT2D eigenvalue weighted by molar-refractivity contribution is 6.35. The standard InChI is InChI=1S/C11H13Cl2NO/c1-2-3-4-14-7-8-5-9(12)6-10(13)11(8)15/h2,5-6,14-15H,1,3-4,7H2. The van der Waals surface area contributed by atoms with E-state index in [-0.39, 0.29) is 10.8 Å². The third-order valence-corrected chi connectivity index (χ3v) is 2.45. The number of benzene rings is 1. The zero-order valence-corrected chi connectivity index (χ0v) is 9.78. The van der Waals surface area contributed by atoms with E-state index in [1.807, 2.05) is 6.08 Å². The van der Waals surface area contributed by atoms with Crippen LogP contribution in [0.5, 0.6) is 5.75 Å². The van der Waals surface area contributed by atoms with Crippen molar-refractivity contribution in [3.05, 3.63) is 40.4 Å². The van der Waals surface area contributed by atoms with Crippen molar-refractivity contribution in [2.45, 2.75) is 13.0 Å². The Morgan fingerprint density at radius 3 is 2.80 bits per heavy atom. The molecular formula is C11H13Cl2NO. The summed E-state index contributed by atoms with van der Waals surface area (Å²) < 4.78 is 0. The average Bonchev–Trinajstić information content (AvgIpc) is 2.19. The first-order valence-electron chi connectivity index (χ1n) is 4.63. The van der Waals surface area contributed by atoms with E-state index in [1.165, 1.54) is 6.07 Å². The maximum Gasteiger partial charge on any atom is 0.138 e. The van der Waals surface area contributed by atoms with Gasteiger partial charge in [-0.3, -0.25) is 0 Å². The molecule has 0 bridgehead atoms. The van der Waals surface area contributed by atoms with E-state index in [2.05, 4.69) is 11.9 Å². The highest BCUT2D eigenvalue weighted by Gasteiger charge is 2.06. The molecule has 0 unspecified atom stereocenters. The fourth-order valence-electron chi connectivity index (χ4n) is 1.18. The van der Waals surface area contributed by atoms with Gasteiger partial charge in [-0.25, -0.2) is 0 Å². The molecule has 4 heteroatoms. The minimum absolute atomic E-state index is 0.0900. The lowest BCUT2D eigenvalue weighted by Crippen LogP contribution is -2.14. The normalized spacial score (nSPS) is 10.3. The van der Waals surface area contributed by atoms with Crippen molar-refractivity contribution in [3.63, 3.8) is 0 Å². The summed E-state index contributed by atoms with van der Waals surface area (Å²) in [5.41, 5.74) is 0.705. The molecule has 0 amide bonds. The van der Waals surface area contributed by atoms with Crippen LogP contribution < -0.4 is 5.32 Å². The second kappa shape index (κ2) is 6.01. The van der Waals surface area contributed by atoms with Gasteiger partial charge in [-0.05, 0) is 25.1 Å². The van der Waals surface area contributed by atoms with Crippen molar-refractivity contribution in [1.29, 1.82) is 0 Å². The van der Waals surface area contributed by atoms with Gasteiger partial charge in [-0.1, -0.05) is 29.3 Å². The second-order valence-electron chi connectivity index (χ2n) is 3.15. The lowest BCUT2D eigenvalue weighted by Gasteiger charge is -2.07. The summed E-state index contributed by atoms with van der Waals surface area (Å²) >= 11 is 11.6. The molecule has 0 saturated carbocycles. The van der Waals surface area contributed by atoms with Gasteiger partial charge in [0, 0.05) is 17.1 Å². The maximum absolute atomic E-state index is 9.63. The summed E-state index contributed by atoms with van der Waals surface area (Å²) in [4.78, 5) is 0. The van der Waals surface area contributed by atoms with Crippen molar-refractivity contribution in [2.75, 3.05) is 6.54 Å². The average molecular weight is 246 g/mol. The number of nitrogens with one attached hydrogen (secondary N) is 1. The SMILES string of the molecule is C=CCCNCc1cc(Cl)cc(Cl)c1O. The molecule has 1 aromatic carbocycles. The van der Waals surface area contributed by atoms with Crippen molar-refractivity contribution >= 4 is 23.2 Å². The van der Waals surface area contributed by atoms with Gasteiger partial charge in [-0.15, -0.1) is 6.58 Å². The fourth-order valence-corrected chi connectivity index (χ4v) is 1.72. The number of phenolic OH excluding ortho intramolecular Hbond substituents is 1. The molecule has 0 radical (unpaired) electrons. The van der Waals surface area contributed by atoms with Gasteiger partial charge in [0.1, 0.15) is 5.75 Å². The number of rotatable bonds is 5. The first kappa shape index (κ1) is 12.4. The van der Waals surface area contributed by atoms with Crippen LogP contribution in [0.3, 0.4) is 0 Å². The van der Waals surface area contributed by atoms with Crippen LogP contribution in [0, 0.1) is 0 Å². The van der Waals surface area contributed by atoms with Gasteiger partial charge >= 0.3 is 0 Å². The fraction of sp³-hybridized carbons (Fsp3) is 0.273. The Morgan fingerprint density at radius 2 is 2.13 bits per heavy atom. The Bertz CT molecular complexity index is 353. The minimum atomic E-state index is 0.0900. The largest absolute Gasteiger partial charge is 0.506 e. The summed E-state index contributed by atoms with van der Waals surface area (Å²) in [5, 5.41) is 13.6. The predicted octanol–water partition coefficient (Wildman–Crippen LogP) is 3.36. The second-order valence-corrected chi connectivity index (χ2v) is 3.99. The molecule has 82 valence electrons. The Labute approximate surface area is 99.5 Å². The predicted molar refractivity (Wildman–Crippen MR) is 64.6 cm³/mol. The molecule has 0 aromatic heterocycles. The molecular weight excluding hydrogens is 233 g/mol. The van der Waals surface area contributed by atoms with Crippen LogP contribution in [0.2, 0.25) is 10.0 Å². The zero-order chi connectivity index (χ0) is 11.3. The van der Waals surface area contributed by atoms with Gasteiger partial charge in [-0.2, -0.15) is 0 Å². The Balaban J connectivity index is 2.63. The van der Waals surface area contributed by atoms with E-state index in [4.69, 9.17) is 23.2 Å². The Hall–Kier alpha value is -0.700. The van der Waals surface area contributed by atoms with Crippen LogP contribution in [0.15, 0.2) is 24.8 Å². The minimum Gasteiger partial charge on any atom is -0.506 e. The smallest absolute Gasteiger partial charge is 0.138 e. The molecule has 0 atom stereocenters. The summed E-state index contributed by atoms with van der Waals surface area (Å²) in [5.74, 6) is 0.0900. The van der Waals surface area contributed by atoms with Crippen LogP contribution in [-0.2, 0) is 6.54 Å². The third kappa shape index (κ3) is 3.74. The van der Waals surface area contributed by atoms with Crippen molar-refractivity contribution < 1.29 is 5.11 Å². The lowest BCUT2D eigenvalue weighted by molar-refractivity contribution is 0.465. The molecule has 0 aliphatic carbocycles. The third-order valence-electron chi connectivity index (χ3n) is 1.95. The molecule has 0 saturated heterocycles. The van der Waals surface area contributed by atoms with E-state index in [9.17, 15) is 5.11 Å². The molecule has 1 aromatic rings. The molecule has 0 fully saturated rings. The quantitative estimate of drug-likeness (QED) is 0.616. The van der Waals surface area contributed by atoms with Crippen molar-refractivity contribution in [3.8, 4) is 5.75 Å². The molecule has 0 spiro atoms. The van der Waals surface area contributed by atoms with Gasteiger partial charge in [0.25, 0.3) is 0 Å². The first-order valence-corrected chi connectivity index (χ1v) is 5.39. The van der Waals surface area contributed by atoms with Crippen LogP contribution in [-0.4, -0.2) is 11.7 Å². The number of hydrogen-bond donors (Lipinski definition) is 2. The highest BCUT2D eigenvalue weighted by Crippen LogP contribution is 2.30. The van der Waals surface area contributed by atoms with E-state index in [1.54, 1.807) is 6.07 Å². The van der Waals surface area contributed by atoms with E-state index >= 15 is 0 Å². The van der Waals surface area contributed by atoms with Crippen LogP contribution in [0.25, 0.3) is 0 Å². The molecule has 1 rings (SSSR count). The van der Waals surface area contributed by atoms with Gasteiger partial charge < -0.3 is 10.4 Å². The number of aromatic hydroxyl groups is 1. The van der Waals surface area contributed by atoms with Crippen LogP contribution in [0.1, 0.15) is 12.0 Å². The summed E-state index contributed by atoms with van der Waals surface area (Å²) in [6.07, 6.45) is 2.72. The van der Waals surface area contributed by atoms with Gasteiger partial charge in [0.15, 0.2) is 0 Å². The molecule has 0 aliphatic rings. The number of hydrogen-bond acceptors (Lipinski definition) is 2. The van der Waals surface area contributed by atoms with E-state index in [0.717, 1.165) is 13.0 Å². The summed E-state index contributed by atoms with van der Waals surface area (Å²) in [7, 11) is 0. The number of phenols is 1. The maximum atomic E-state index is 9.63. The van der Waals surface area contributed by atoms with E-state index < -0.39 is 0 Å². The topological polar surface area (TPSA) is 32.3 Å². The first-order chi connectivity index (χ1) is 7.15. The van der Waals surface area contributed by atoms with Crippen LogP contribution in [0.4, 0.5) is 0 Å². The molecule has 15 heavy (non-hydrogen) atoms. The van der Waals surface area contributed by atoms with Gasteiger partial charge in [0.2, 0.25) is 0 Å². The molecule has 2 N–H and O–H groups in total. The summed E-state index contributed by atoms with van der Waals surface area (Å²) in [6.45, 7) is 4.97.